The van der Waals surface area contributed by atoms with Crippen LogP contribution in [0.25, 0.3) is 0 Å². The largest absolute Gasteiger partial charge is 0.310 e. The van der Waals surface area contributed by atoms with Gasteiger partial charge in [-0.25, -0.2) is 0 Å². The second-order valence-corrected chi connectivity index (χ2v) is 6.06. The van der Waals surface area contributed by atoms with E-state index in [0.717, 1.165) is 30.3 Å². The maximum Gasteiger partial charge on any atom is 0.239 e. The maximum atomic E-state index is 12.1. The topological polar surface area (TPSA) is 68.0 Å². The summed E-state index contributed by atoms with van der Waals surface area (Å²) in [7, 11) is 1.82. The average Bonchev–Trinajstić information content (AvgIpc) is 2.86. The Kier molecular flexibility index (Phi) is 3.74. The first-order chi connectivity index (χ1) is 10.4. The molecule has 2 aromatic heterocycles. The highest BCUT2D eigenvalue weighted by Crippen LogP contribution is 2.22. The molecule has 7 heteroatoms. The van der Waals surface area contributed by atoms with E-state index in [1.807, 2.05) is 27.0 Å². The van der Waals surface area contributed by atoms with Crippen molar-refractivity contribution in [2.45, 2.75) is 26.8 Å². The highest BCUT2D eigenvalue weighted by molar-refractivity contribution is 5.91. The van der Waals surface area contributed by atoms with Crippen molar-refractivity contribution in [1.29, 1.82) is 0 Å². The summed E-state index contributed by atoms with van der Waals surface area (Å²) in [5.74, 6) is 0.730. The van der Waals surface area contributed by atoms with Gasteiger partial charge >= 0.3 is 0 Å². The highest BCUT2D eigenvalue weighted by Gasteiger charge is 2.31. The van der Waals surface area contributed by atoms with Gasteiger partial charge in [-0.3, -0.25) is 19.1 Å². The van der Waals surface area contributed by atoms with Gasteiger partial charge in [0.2, 0.25) is 5.91 Å². The monoisotopic (exact) mass is 302 g/mol. The molecule has 0 bridgehead atoms. The summed E-state index contributed by atoms with van der Waals surface area (Å²) in [5.41, 5.74) is 3.11. The average molecular weight is 302 g/mol. The molecule has 0 unspecified atom stereocenters. The number of rotatable bonds is 4. The van der Waals surface area contributed by atoms with Gasteiger partial charge in [-0.05, 0) is 26.8 Å². The van der Waals surface area contributed by atoms with Gasteiger partial charge in [0.05, 0.1) is 24.0 Å². The molecule has 0 saturated carbocycles. The molecule has 118 valence electrons. The minimum Gasteiger partial charge on any atom is -0.310 e. The van der Waals surface area contributed by atoms with Crippen molar-refractivity contribution in [3.05, 3.63) is 29.2 Å². The lowest BCUT2D eigenvalue weighted by atomic mass is 10.1. The van der Waals surface area contributed by atoms with Crippen LogP contribution in [0.4, 0.5) is 5.82 Å². The minimum absolute atomic E-state index is 0.00480. The fraction of sp³-hybridized carbons (Fsp3) is 0.533. The second-order valence-electron chi connectivity index (χ2n) is 6.06. The fourth-order valence-corrected chi connectivity index (χ4v) is 2.96. The van der Waals surface area contributed by atoms with Crippen molar-refractivity contribution in [3.8, 4) is 0 Å². The summed E-state index contributed by atoms with van der Waals surface area (Å²) >= 11 is 0. The maximum absolute atomic E-state index is 12.1. The molecule has 1 N–H and O–H groups in total. The van der Waals surface area contributed by atoms with E-state index in [1.165, 1.54) is 5.69 Å². The Bertz CT molecular complexity index is 695. The number of carbonyl (C=O) groups excluding carboxylic acids is 1. The lowest BCUT2D eigenvalue weighted by molar-refractivity contribution is -0.118. The van der Waals surface area contributed by atoms with Crippen molar-refractivity contribution in [1.82, 2.24) is 24.5 Å². The number of aromatic nitrogens is 4. The van der Waals surface area contributed by atoms with Gasteiger partial charge in [-0.2, -0.15) is 10.2 Å². The summed E-state index contributed by atoms with van der Waals surface area (Å²) < 4.78 is 3.75. The van der Waals surface area contributed by atoms with Crippen molar-refractivity contribution >= 4 is 11.7 Å². The van der Waals surface area contributed by atoms with Gasteiger partial charge < -0.3 is 5.32 Å². The number of amides is 1. The zero-order valence-electron chi connectivity index (χ0n) is 13.5. The van der Waals surface area contributed by atoms with Crippen molar-refractivity contribution in [2.24, 2.45) is 7.05 Å². The number of anilines is 1. The molecule has 2 aromatic rings. The molecule has 0 radical (unpaired) electrons. The number of nitrogens with one attached hydrogen (secondary N) is 1. The van der Waals surface area contributed by atoms with E-state index in [1.54, 1.807) is 4.68 Å². The molecule has 7 nitrogen and oxygen atoms in total. The fourth-order valence-electron chi connectivity index (χ4n) is 2.96. The SMILES string of the molecule is Cc1cc(NC(=O)CN2CC(n3nc(C)cc3C)C2)n(C)n1. The van der Waals surface area contributed by atoms with Crippen LogP contribution in [0, 0.1) is 20.8 Å². The summed E-state index contributed by atoms with van der Waals surface area (Å²) in [6, 6.07) is 4.33. The van der Waals surface area contributed by atoms with Crippen LogP contribution < -0.4 is 5.32 Å². The molecule has 0 atom stereocenters. The van der Waals surface area contributed by atoms with Gasteiger partial charge in [0.25, 0.3) is 0 Å². The number of hydrogen-bond donors (Lipinski definition) is 1. The third kappa shape index (κ3) is 2.89. The third-order valence-electron chi connectivity index (χ3n) is 3.97. The Balaban J connectivity index is 1.50. The molecule has 3 rings (SSSR count). The Morgan fingerprint density at radius 3 is 2.45 bits per heavy atom. The molecular formula is C15H22N6O. The normalized spacial score (nSPS) is 15.8. The van der Waals surface area contributed by atoms with E-state index in [9.17, 15) is 4.79 Å². The van der Waals surface area contributed by atoms with Crippen LogP contribution >= 0.6 is 0 Å². The summed E-state index contributed by atoms with van der Waals surface area (Å²) in [6.45, 7) is 8.10. The van der Waals surface area contributed by atoms with Crippen LogP contribution in [0.15, 0.2) is 12.1 Å². The van der Waals surface area contributed by atoms with Crippen molar-refractivity contribution in [2.75, 3.05) is 25.0 Å². The predicted molar refractivity (Wildman–Crippen MR) is 83.8 cm³/mol. The number of carbonyl (C=O) groups is 1. The molecule has 0 aliphatic carbocycles. The first-order valence-electron chi connectivity index (χ1n) is 7.48. The summed E-state index contributed by atoms with van der Waals surface area (Å²) in [6.07, 6.45) is 0. The van der Waals surface area contributed by atoms with E-state index in [4.69, 9.17) is 0 Å². The lowest BCUT2D eigenvalue weighted by Gasteiger charge is -2.39. The highest BCUT2D eigenvalue weighted by atomic mass is 16.2. The van der Waals surface area contributed by atoms with Crippen molar-refractivity contribution < 1.29 is 4.79 Å². The molecule has 22 heavy (non-hydrogen) atoms. The van der Waals surface area contributed by atoms with E-state index >= 15 is 0 Å². The van der Waals surface area contributed by atoms with Crippen LogP contribution in [0.3, 0.4) is 0 Å². The van der Waals surface area contributed by atoms with Gasteiger partial charge in [0, 0.05) is 31.9 Å². The van der Waals surface area contributed by atoms with Crippen LogP contribution in [0.2, 0.25) is 0 Å². The second kappa shape index (κ2) is 5.57. The molecule has 1 saturated heterocycles. The Morgan fingerprint density at radius 2 is 1.91 bits per heavy atom. The molecule has 3 heterocycles. The van der Waals surface area contributed by atoms with Gasteiger partial charge in [0.15, 0.2) is 0 Å². The zero-order chi connectivity index (χ0) is 15.9. The quantitative estimate of drug-likeness (QED) is 0.916. The van der Waals surface area contributed by atoms with E-state index in [2.05, 4.69) is 38.1 Å². The van der Waals surface area contributed by atoms with Crippen molar-refractivity contribution in [3.63, 3.8) is 0 Å². The van der Waals surface area contributed by atoms with Crippen LogP contribution in [-0.4, -0.2) is 50.0 Å². The van der Waals surface area contributed by atoms with Gasteiger partial charge in [-0.15, -0.1) is 0 Å². The molecule has 1 amide bonds. The van der Waals surface area contributed by atoms with E-state index < -0.39 is 0 Å². The lowest BCUT2D eigenvalue weighted by Crippen LogP contribution is -2.51. The molecule has 1 fully saturated rings. The van der Waals surface area contributed by atoms with E-state index in [0.29, 0.717) is 12.6 Å². The predicted octanol–water partition coefficient (Wildman–Crippen LogP) is 1.04. The number of hydrogen-bond acceptors (Lipinski definition) is 4. The summed E-state index contributed by atoms with van der Waals surface area (Å²) in [5, 5.41) is 11.6. The zero-order valence-corrected chi connectivity index (χ0v) is 13.5. The first-order valence-corrected chi connectivity index (χ1v) is 7.48. The van der Waals surface area contributed by atoms with Gasteiger partial charge in [0.1, 0.15) is 5.82 Å². The Labute approximate surface area is 129 Å². The number of aryl methyl sites for hydroxylation is 4. The van der Waals surface area contributed by atoms with Gasteiger partial charge in [-0.1, -0.05) is 0 Å². The smallest absolute Gasteiger partial charge is 0.239 e. The molecule has 0 spiro atoms. The molecule has 1 aliphatic heterocycles. The van der Waals surface area contributed by atoms with Crippen LogP contribution in [0.5, 0.6) is 0 Å². The molecule has 0 aromatic carbocycles. The third-order valence-corrected chi connectivity index (χ3v) is 3.97. The summed E-state index contributed by atoms with van der Waals surface area (Å²) in [4.78, 5) is 14.2. The van der Waals surface area contributed by atoms with Crippen LogP contribution in [-0.2, 0) is 11.8 Å². The minimum atomic E-state index is -0.00480. The van der Waals surface area contributed by atoms with E-state index in [-0.39, 0.29) is 5.91 Å². The number of nitrogens with zero attached hydrogens (tertiary/aromatic N) is 5. The Hall–Kier alpha value is -2.15. The first kappa shape index (κ1) is 14.8. The molecule has 1 aliphatic rings. The Morgan fingerprint density at radius 1 is 1.23 bits per heavy atom. The number of likely N-dealkylation sites (tertiary alicyclic amines) is 1. The van der Waals surface area contributed by atoms with Crippen LogP contribution in [0.1, 0.15) is 23.1 Å². The standard InChI is InChI=1S/C15H22N6O/c1-10-5-12(3)21(18-10)13-7-20(8-13)9-15(22)16-14-6-11(2)17-19(14)4/h5-6,13H,7-9H2,1-4H3,(H,16,22). The molecular weight excluding hydrogens is 280 g/mol.